The van der Waals surface area contributed by atoms with Gasteiger partial charge in [0.1, 0.15) is 11.9 Å². The van der Waals surface area contributed by atoms with E-state index in [2.05, 4.69) is 15.6 Å². The van der Waals surface area contributed by atoms with Crippen molar-refractivity contribution < 1.29 is 18.7 Å². The number of hydrogen-bond acceptors (Lipinski definition) is 5. The summed E-state index contributed by atoms with van der Waals surface area (Å²) >= 11 is 1.52. The van der Waals surface area contributed by atoms with Crippen molar-refractivity contribution in [1.82, 2.24) is 15.6 Å². The smallest absolute Gasteiger partial charge is 0.315 e. The Hall–Kier alpha value is -2.03. The minimum absolute atomic E-state index is 0.129. The number of rotatable bonds is 7. The predicted octanol–water partition coefficient (Wildman–Crippen LogP) is 2.50. The second-order valence-electron chi connectivity index (χ2n) is 6.04. The number of halogens is 1. The molecule has 0 saturated carbocycles. The Bertz CT molecular complexity index is 699. The summed E-state index contributed by atoms with van der Waals surface area (Å²) in [5.41, 5.74) is 3.21. The van der Waals surface area contributed by atoms with Crippen molar-refractivity contribution in [1.29, 1.82) is 0 Å². The lowest BCUT2D eigenvalue weighted by Crippen LogP contribution is -2.52. The number of aromatic nitrogens is 1. The summed E-state index contributed by atoms with van der Waals surface area (Å²) in [7, 11) is 0. The highest BCUT2D eigenvalue weighted by atomic mass is 32.1. The molecule has 2 heterocycles. The standard InChI is InChI=1S/C18H22FN3O3S/c19-15-4-2-1-3-13(15)5-7-20-18(23)22-16-6-8-24-10-17(16)25-9-14-11-26-12-21-14/h1-4,11-12,16-17H,5-10H2,(H2,20,22,23)/t16-,17-/m1/s1. The van der Waals surface area contributed by atoms with Crippen molar-refractivity contribution in [2.75, 3.05) is 19.8 Å². The Morgan fingerprint density at radius 1 is 1.42 bits per heavy atom. The molecule has 8 heteroatoms. The number of nitrogens with one attached hydrogen (secondary N) is 2. The molecule has 2 amide bonds. The van der Waals surface area contributed by atoms with Gasteiger partial charge < -0.3 is 20.1 Å². The Morgan fingerprint density at radius 2 is 2.31 bits per heavy atom. The molecule has 1 fully saturated rings. The maximum atomic E-state index is 13.6. The van der Waals surface area contributed by atoms with Gasteiger partial charge in [-0.2, -0.15) is 0 Å². The van der Waals surface area contributed by atoms with E-state index in [1.54, 1.807) is 23.7 Å². The lowest BCUT2D eigenvalue weighted by molar-refractivity contribution is -0.0736. The molecular formula is C18H22FN3O3S. The first-order chi connectivity index (χ1) is 12.7. The first kappa shape index (κ1) is 18.8. The largest absolute Gasteiger partial charge is 0.379 e. The lowest BCUT2D eigenvalue weighted by Gasteiger charge is -2.31. The van der Waals surface area contributed by atoms with Gasteiger partial charge in [0.05, 0.1) is 30.5 Å². The van der Waals surface area contributed by atoms with Crippen LogP contribution in [0, 0.1) is 5.82 Å². The molecule has 1 aliphatic heterocycles. The molecule has 2 atom stereocenters. The van der Waals surface area contributed by atoms with Gasteiger partial charge in [0, 0.05) is 18.5 Å². The molecule has 2 N–H and O–H groups in total. The van der Waals surface area contributed by atoms with Crippen LogP contribution < -0.4 is 10.6 Å². The van der Waals surface area contributed by atoms with Crippen molar-refractivity contribution in [2.45, 2.75) is 31.6 Å². The van der Waals surface area contributed by atoms with Crippen LogP contribution in [0.5, 0.6) is 0 Å². The maximum Gasteiger partial charge on any atom is 0.315 e. The van der Waals surface area contributed by atoms with E-state index in [1.807, 2.05) is 5.38 Å². The van der Waals surface area contributed by atoms with Crippen LogP contribution in [0.3, 0.4) is 0 Å². The van der Waals surface area contributed by atoms with Crippen molar-refractivity contribution in [3.8, 4) is 0 Å². The third-order valence-corrected chi connectivity index (χ3v) is 4.82. The van der Waals surface area contributed by atoms with Crippen LogP contribution >= 0.6 is 11.3 Å². The highest BCUT2D eigenvalue weighted by Crippen LogP contribution is 2.14. The summed E-state index contributed by atoms with van der Waals surface area (Å²) in [4.78, 5) is 16.3. The number of ether oxygens (including phenoxy) is 2. The minimum Gasteiger partial charge on any atom is -0.379 e. The fraction of sp³-hybridized carbons (Fsp3) is 0.444. The highest BCUT2D eigenvalue weighted by Gasteiger charge is 2.28. The van der Waals surface area contributed by atoms with Crippen molar-refractivity contribution >= 4 is 17.4 Å². The summed E-state index contributed by atoms with van der Waals surface area (Å²) < 4.78 is 24.9. The van der Waals surface area contributed by atoms with E-state index in [4.69, 9.17) is 9.47 Å². The van der Waals surface area contributed by atoms with E-state index in [0.29, 0.717) is 44.8 Å². The number of amides is 2. The van der Waals surface area contributed by atoms with Gasteiger partial charge in [0.25, 0.3) is 0 Å². The van der Waals surface area contributed by atoms with Crippen molar-refractivity contribution in [2.24, 2.45) is 0 Å². The second kappa shape index (κ2) is 9.61. The van der Waals surface area contributed by atoms with Crippen LogP contribution in [-0.4, -0.2) is 42.9 Å². The molecule has 3 rings (SSSR count). The van der Waals surface area contributed by atoms with Crippen LogP contribution in [0.1, 0.15) is 17.7 Å². The quantitative estimate of drug-likeness (QED) is 0.775. The monoisotopic (exact) mass is 379 g/mol. The van der Waals surface area contributed by atoms with Crippen LogP contribution in [0.4, 0.5) is 9.18 Å². The van der Waals surface area contributed by atoms with Crippen LogP contribution in [0.2, 0.25) is 0 Å². The molecule has 2 aromatic rings. The minimum atomic E-state index is -0.282. The number of benzene rings is 1. The van der Waals surface area contributed by atoms with Gasteiger partial charge >= 0.3 is 6.03 Å². The topological polar surface area (TPSA) is 72.5 Å². The zero-order chi connectivity index (χ0) is 18.2. The molecule has 0 radical (unpaired) electrons. The average Bonchev–Trinajstić information content (AvgIpc) is 3.16. The molecule has 26 heavy (non-hydrogen) atoms. The number of urea groups is 1. The molecule has 140 valence electrons. The van der Waals surface area contributed by atoms with Crippen LogP contribution in [-0.2, 0) is 22.5 Å². The fourth-order valence-electron chi connectivity index (χ4n) is 2.77. The molecule has 6 nitrogen and oxygen atoms in total. The number of thiazole rings is 1. The van der Waals surface area contributed by atoms with Gasteiger partial charge in [-0.15, -0.1) is 11.3 Å². The number of hydrogen-bond donors (Lipinski definition) is 2. The van der Waals surface area contributed by atoms with E-state index in [-0.39, 0.29) is 24.0 Å². The summed E-state index contributed by atoms with van der Waals surface area (Å²) in [6.45, 7) is 1.77. The summed E-state index contributed by atoms with van der Waals surface area (Å²) in [6.07, 6.45) is 0.905. The molecular weight excluding hydrogens is 357 g/mol. The molecule has 1 aromatic carbocycles. The summed E-state index contributed by atoms with van der Waals surface area (Å²) in [5, 5.41) is 7.64. The second-order valence-corrected chi connectivity index (χ2v) is 6.76. The van der Waals surface area contributed by atoms with E-state index >= 15 is 0 Å². The zero-order valence-corrected chi connectivity index (χ0v) is 15.1. The first-order valence-corrected chi connectivity index (χ1v) is 9.51. The average molecular weight is 379 g/mol. The molecule has 1 saturated heterocycles. The Balaban J connectivity index is 1.43. The molecule has 0 unspecified atom stereocenters. The third-order valence-electron chi connectivity index (χ3n) is 4.19. The molecule has 0 bridgehead atoms. The van der Waals surface area contributed by atoms with Crippen LogP contribution in [0.15, 0.2) is 35.2 Å². The Kier molecular flexibility index (Phi) is 6.93. The SMILES string of the molecule is O=C(NCCc1ccccc1F)N[C@@H]1CCOC[C@H]1OCc1cscn1. The van der Waals surface area contributed by atoms with Gasteiger partial charge in [-0.3, -0.25) is 0 Å². The molecule has 1 aromatic heterocycles. The normalized spacial score (nSPS) is 19.9. The van der Waals surface area contributed by atoms with Gasteiger partial charge in [-0.05, 0) is 24.5 Å². The Morgan fingerprint density at radius 3 is 3.12 bits per heavy atom. The highest BCUT2D eigenvalue weighted by molar-refractivity contribution is 7.07. The van der Waals surface area contributed by atoms with Crippen molar-refractivity contribution in [3.05, 3.63) is 52.2 Å². The zero-order valence-electron chi connectivity index (χ0n) is 14.3. The first-order valence-electron chi connectivity index (χ1n) is 8.56. The van der Waals surface area contributed by atoms with Gasteiger partial charge in [-0.1, -0.05) is 18.2 Å². The third kappa shape index (κ3) is 5.48. The lowest BCUT2D eigenvalue weighted by atomic mass is 10.1. The van der Waals surface area contributed by atoms with E-state index in [9.17, 15) is 9.18 Å². The van der Waals surface area contributed by atoms with E-state index in [1.165, 1.54) is 17.4 Å². The van der Waals surface area contributed by atoms with E-state index < -0.39 is 0 Å². The maximum absolute atomic E-state index is 13.6. The molecule has 0 spiro atoms. The van der Waals surface area contributed by atoms with Crippen molar-refractivity contribution in [3.63, 3.8) is 0 Å². The van der Waals surface area contributed by atoms with Gasteiger partial charge in [-0.25, -0.2) is 14.2 Å². The number of carbonyl (C=O) groups is 1. The van der Waals surface area contributed by atoms with E-state index in [0.717, 1.165) is 5.69 Å². The number of nitrogens with zero attached hydrogens (tertiary/aromatic N) is 1. The molecule has 1 aliphatic rings. The fourth-order valence-corrected chi connectivity index (χ4v) is 3.32. The summed E-state index contributed by atoms with van der Waals surface area (Å²) in [5.74, 6) is -0.255. The predicted molar refractivity (Wildman–Crippen MR) is 96.6 cm³/mol. The number of carbonyl (C=O) groups excluding carboxylic acids is 1. The van der Waals surface area contributed by atoms with Gasteiger partial charge in [0.15, 0.2) is 0 Å². The Labute approximate surface area is 155 Å². The van der Waals surface area contributed by atoms with Gasteiger partial charge in [0.2, 0.25) is 0 Å². The molecule has 0 aliphatic carbocycles. The van der Waals surface area contributed by atoms with Crippen LogP contribution in [0.25, 0.3) is 0 Å². The summed E-state index contributed by atoms with van der Waals surface area (Å²) in [6, 6.07) is 6.16.